The van der Waals surface area contributed by atoms with Gasteiger partial charge in [0, 0.05) is 5.56 Å². The van der Waals surface area contributed by atoms with Crippen molar-refractivity contribution in [1.82, 2.24) is 0 Å². The van der Waals surface area contributed by atoms with E-state index in [1.165, 1.54) is 0 Å². The van der Waals surface area contributed by atoms with Crippen molar-refractivity contribution < 1.29 is 35.5 Å². The van der Waals surface area contributed by atoms with E-state index in [1.807, 2.05) is 0 Å². The molecule has 0 aliphatic heterocycles. The predicted molar refractivity (Wildman–Crippen MR) is 66.5 cm³/mol. The van der Waals surface area contributed by atoms with Gasteiger partial charge in [-0.25, -0.2) is 4.39 Å². The Bertz CT molecular complexity index is 544. The molecule has 118 valence electrons. The first-order chi connectivity index (χ1) is 9.35. The van der Waals surface area contributed by atoms with Gasteiger partial charge < -0.3 is 10.5 Å². The quantitative estimate of drug-likeness (QED) is 0.613. The van der Waals surface area contributed by atoms with Gasteiger partial charge in [0.15, 0.2) is 11.6 Å². The van der Waals surface area contributed by atoms with E-state index in [0.717, 1.165) is 6.07 Å². The fourth-order valence-corrected chi connectivity index (χ4v) is 2.10. The van der Waals surface area contributed by atoms with E-state index in [0.29, 0.717) is 6.07 Å². The number of rotatable bonds is 3. The Hall–Kier alpha value is -1.10. The summed E-state index contributed by atoms with van der Waals surface area (Å²) in [5.41, 5.74) is 5.12. The van der Waals surface area contributed by atoms with Gasteiger partial charge in [0.1, 0.15) is 4.99 Å². The van der Waals surface area contributed by atoms with Crippen LogP contribution in [0.25, 0.3) is 0 Å². The summed E-state index contributed by atoms with van der Waals surface area (Å²) < 4.78 is 90.9. The summed E-state index contributed by atoms with van der Waals surface area (Å²) in [6, 6.07) is 1.52. The van der Waals surface area contributed by atoms with Crippen molar-refractivity contribution in [3.63, 3.8) is 0 Å². The molecule has 2 nitrogen and oxygen atoms in total. The highest BCUT2D eigenvalue weighted by Crippen LogP contribution is 2.38. The largest absolute Gasteiger partial charge is 0.468 e. The molecule has 0 saturated carbocycles. The second-order valence-electron chi connectivity index (χ2n) is 3.68. The predicted octanol–water partition coefficient (Wildman–Crippen LogP) is 4.09. The highest BCUT2D eigenvalue weighted by molar-refractivity contribution is 9.10. The lowest BCUT2D eigenvalue weighted by atomic mass is 10.2. The Balaban J connectivity index is 3.24. The average molecular weight is 400 g/mol. The molecule has 1 aromatic carbocycles. The monoisotopic (exact) mass is 399 g/mol. The molecule has 0 aromatic heterocycles. The molecule has 1 rings (SSSR count). The van der Waals surface area contributed by atoms with Gasteiger partial charge in [-0.05, 0) is 28.1 Å². The first kappa shape index (κ1) is 18.0. The van der Waals surface area contributed by atoms with Crippen LogP contribution in [-0.2, 0) is 0 Å². The van der Waals surface area contributed by atoms with Crippen LogP contribution in [0.3, 0.4) is 0 Å². The van der Waals surface area contributed by atoms with Crippen molar-refractivity contribution in [3.8, 4) is 5.75 Å². The van der Waals surface area contributed by atoms with Crippen LogP contribution < -0.4 is 10.5 Å². The SMILES string of the molecule is NC(=S)c1ccc(OC(C(F)(F)F)C(F)(F)F)c(F)c1Br. The second-order valence-corrected chi connectivity index (χ2v) is 4.92. The fourth-order valence-electron chi connectivity index (χ4n) is 1.26. The van der Waals surface area contributed by atoms with Crippen LogP contribution in [0.1, 0.15) is 5.56 Å². The standard InChI is InChI=1S/C10H5BrF7NOS/c11-5-3(7(19)21)1-2-4(6(5)12)20-8(9(13,14)15)10(16,17)18/h1-2,8H,(H2,19,21). The van der Waals surface area contributed by atoms with E-state index in [9.17, 15) is 30.7 Å². The van der Waals surface area contributed by atoms with Crippen LogP contribution in [0.4, 0.5) is 30.7 Å². The zero-order chi connectivity index (χ0) is 16.6. The number of hydrogen-bond acceptors (Lipinski definition) is 2. The molecule has 0 heterocycles. The molecule has 0 atom stereocenters. The van der Waals surface area contributed by atoms with Crippen LogP contribution in [-0.4, -0.2) is 23.4 Å². The highest BCUT2D eigenvalue weighted by atomic mass is 79.9. The number of benzene rings is 1. The normalized spacial score (nSPS) is 12.6. The van der Waals surface area contributed by atoms with Gasteiger partial charge in [-0.1, -0.05) is 12.2 Å². The van der Waals surface area contributed by atoms with Crippen LogP contribution in [0.2, 0.25) is 0 Å². The van der Waals surface area contributed by atoms with Crippen LogP contribution >= 0.6 is 28.1 Å². The minimum atomic E-state index is -5.75. The van der Waals surface area contributed by atoms with E-state index in [2.05, 4.69) is 32.9 Å². The van der Waals surface area contributed by atoms with Gasteiger partial charge in [-0.3, -0.25) is 0 Å². The van der Waals surface area contributed by atoms with Crippen molar-refractivity contribution in [2.45, 2.75) is 18.5 Å². The maximum atomic E-state index is 13.7. The Labute approximate surface area is 127 Å². The number of alkyl halides is 6. The van der Waals surface area contributed by atoms with Gasteiger partial charge in [0.2, 0.25) is 0 Å². The maximum Gasteiger partial charge on any atom is 0.434 e. The average Bonchev–Trinajstić information content (AvgIpc) is 2.27. The molecular formula is C10H5BrF7NOS. The summed E-state index contributed by atoms with van der Waals surface area (Å²) in [4.78, 5) is -0.296. The first-order valence-corrected chi connectivity index (χ1v) is 6.13. The van der Waals surface area contributed by atoms with Gasteiger partial charge in [-0.15, -0.1) is 0 Å². The molecule has 21 heavy (non-hydrogen) atoms. The summed E-state index contributed by atoms with van der Waals surface area (Å²) in [6.45, 7) is 0. The maximum absolute atomic E-state index is 13.7. The fraction of sp³-hybridized carbons (Fsp3) is 0.300. The van der Waals surface area contributed by atoms with E-state index >= 15 is 0 Å². The first-order valence-electron chi connectivity index (χ1n) is 4.93. The van der Waals surface area contributed by atoms with Gasteiger partial charge in [0.05, 0.1) is 4.47 Å². The molecule has 0 aliphatic carbocycles. The van der Waals surface area contributed by atoms with Crippen molar-refractivity contribution in [2.75, 3.05) is 0 Å². The molecule has 0 radical (unpaired) electrons. The number of halogens is 8. The Kier molecular flexibility index (Phi) is 5.09. The molecule has 1 aromatic rings. The van der Waals surface area contributed by atoms with Gasteiger partial charge in [-0.2, -0.15) is 26.3 Å². The van der Waals surface area contributed by atoms with Crippen molar-refractivity contribution in [2.24, 2.45) is 5.73 Å². The zero-order valence-corrected chi connectivity index (χ0v) is 12.1. The minimum Gasteiger partial charge on any atom is -0.468 e. The van der Waals surface area contributed by atoms with Gasteiger partial charge in [0.25, 0.3) is 6.10 Å². The van der Waals surface area contributed by atoms with Crippen molar-refractivity contribution >= 4 is 33.1 Å². The molecule has 0 saturated heterocycles. The molecule has 0 fully saturated rings. The van der Waals surface area contributed by atoms with Crippen LogP contribution in [0.15, 0.2) is 16.6 Å². The highest BCUT2D eigenvalue weighted by Gasteiger charge is 2.59. The molecule has 0 amide bonds. The van der Waals surface area contributed by atoms with Crippen LogP contribution in [0.5, 0.6) is 5.75 Å². The molecule has 0 aliphatic rings. The molecule has 11 heteroatoms. The topological polar surface area (TPSA) is 35.2 Å². The zero-order valence-electron chi connectivity index (χ0n) is 9.65. The second kappa shape index (κ2) is 5.95. The lowest BCUT2D eigenvalue weighted by Gasteiger charge is -2.24. The van der Waals surface area contributed by atoms with Crippen LogP contribution in [0, 0.1) is 5.82 Å². The molecule has 0 spiro atoms. The smallest absolute Gasteiger partial charge is 0.434 e. The summed E-state index contributed by atoms with van der Waals surface area (Å²) in [7, 11) is 0. The van der Waals surface area contributed by atoms with Crippen molar-refractivity contribution in [1.29, 1.82) is 0 Å². The van der Waals surface area contributed by atoms with E-state index < -0.39 is 34.5 Å². The Morgan fingerprint density at radius 1 is 1.14 bits per heavy atom. The Morgan fingerprint density at radius 2 is 1.62 bits per heavy atom. The number of nitrogens with two attached hydrogens (primary N) is 1. The number of hydrogen-bond donors (Lipinski definition) is 1. The summed E-state index contributed by atoms with van der Waals surface area (Å²) in [6.07, 6.45) is -15.7. The summed E-state index contributed by atoms with van der Waals surface area (Å²) in [5.74, 6) is -2.71. The van der Waals surface area contributed by atoms with E-state index in [-0.39, 0.29) is 10.6 Å². The van der Waals surface area contributed by atoms with Crippen molar-refractivity contribution in [3.05, 3.63) is 28.0 Å². The summed E-state index contributed by atoms with van der Waals surface area (Å²) >= 11 is 7.18. The third-order valence-electron chi connectivity index (χ3n) is 2.15. The number of ether oxygens (including phenoxy) is 1. The third-order valence-corrected chi connectivity index (χ3v) is 3.15. The third kappa shape index (κ3) is 4.19. The van der Waals surface area contributed by atoms with E-state index in [1.54, 1.807) is 0 Å². The van der Waals surface area contributed by atoms with Gasteiger partial charge >= 0.3 is 12.4 Å². The molecule has 0 unspecified atom stereocenters. The summed E-state index contributed by atoms with van der Waals surface area (Å²) in [5, 5.41) is 0. The Morgan fingerprint density at radius 3 is 2.00 bits per heavy atom. The lowest BCUT2D eigenvalue weighted by molar-refractivity contribution is -0.300. The lowest BCUT2D eigenvalue weighted by Crippen LogP contribution is -2.46. The molecule has 0 bridgehead atoms. The number of thiocarbonyl (C=S) groups is 1. The van der Waals surface area contributed by atoms with E-state index in [4.69, 9.17) is 5.73 Å². The molecule has 2 N–H and O–H groups in total. The minimum absolute atomic E-state index is 0.0922. The molecular weight excluding hydrogens is 395 g/mol.